The molecule has 2 aromatic rings. The minimum Gasteiger partial charge on any atom is -0.497 e. The quantitative estimate of drug-likeness (QED) is 0.901. The average Bonchev–Trinajstić information content (AvgIpc) is 3.43. The normalized spacial score (nSPS) is 21.5. The van der Waals surface area contributed by atoms with Crippen molar-refractivity contribution >= 4 is 5.91 Å². The molecule has 1 atom stereocenters. The number of rotatable bonds is 4. The first-order valence-corrected chi connectivity index (χ1v) is 9.10. The van der Waals surface area contributed by atoms with Crippen LogP contribution in [-0.4, -0.2) is 45.8 Å². The van der Waals surface area contributed by atoms with Crippen LogP contribution in [0.3, 0.4) is 0 Å². The Labute approximate surface area is 152 Å². The molecular weight excluding hydrogens is 332 g/mol. The maximum absolute atomic E-state index is 13.3. The Hall–Kier alpha value is -2.57. The number of aromatic nitrogens is 3. The van der Waals surface area contributed by atoms with Crippen LogP contribution >= 0.6 is 0 Å². The van der Waals surface area contributed by atoms with Crippen molar-refractivity contribution in [2.45, 2.75) is 37.0 Å². The molecule has 1 saturated heterocycles. The summed E-state index contributed by atoms with van der Waals surface area (Å²) in [7, 11) is 3.37. The third-order valence-corrected chi connectivity index (χ3v) is 5.79. The maximum Gasteiger partial charge on any atom is 0.343 e. The number of H-pyrrole nitrogens is 1. The lowest BCUT2D eigenvalue weighted by atomic mass is 9.91. The van der Waals surface area contributed by atoms with Crippen molar-refractivity contribution in [2.75, 3.05) is 20.2 Å². The molecule has 1 saturated carbocycles. The molecule has 1 aromatic carbocycles. The van der Waals surface area contributed by atoms with Crippen LogP contribution in [0.1, 0.15) is 43.0 Å². The van der Waals surface area contributed by atoms with Gasteiger partial charge in [0.05, 0.1) is 12.5 Å². The van der Waals surface area contributed by atoms with Gasteiger partial charge in [-0.25, -0.2) is 9.89 Å². The van der Waals surface area contributed by atoms with Crippen molar-refractivity contribution in [1.82, 2.24) is 19.7 Å². The van der Waals surface area contributed by atoms with Crippen LogP contribution in [0.2, 0.25) is 0 Å². The van der Waals surface area contributed by atoms with Crippen LogP contribution < -0.4 is 10.4 Å². The van der Waals surface area contributed by atoms with Gasteiger partial charge in [-0.15, -0.1) is 0 Å². The van der Waals surface area contributed by atoms with E-state index < -0.39 is 0 Å². The van der Waals surface area contributed by atoms with Crippen LogP contribution in [0.4, 0.5) is 0 Å². The number of carbonyl (C=O) groups is 1. The van der Waals surface area contributed by atoms with Gasteiger partial charge in [0.15, 0.2) is 0 Å². The number of hydrogen-bond donors (Lipinski definition) is 1. The van der Waals surface area contributed by atoms with Gasteiger partial charge in [0, 0.05) is 26.1 Å². The van der Waals surface area contributed by atoms with Crippen molar-refractivity contribution < 1.29 is 9.53 Å². The van der Waals surface area contributed by atoms with E-state index in [1.807, 2.05) is 29.2 Å². The van der Waals surface area contributed by atoms with E-state index in [1.54, 1.807) is 18.7 Å². The van der Waals surface area contributed by atoms with Crippen LogP contribution in [0.5, 0.6) is 5.75 Å². The van der Waals surface area contributed by atoms with Gasteiger partial charge in [-0.2, -0.15) is 5.10 Å². The van der Waals surface area contributed by atoms with Gasteiger partial charge >= 0.3 is 5.69 Å². The Bertz CT molecular complexity index is 864. The molecule has 138 valence electrons. The highest BCUT2D eigenvalue weighted by molar-refractivity contribution is 5.91. The summed E-state index contributed by atoms with van der Waals surface area (Å²) < 4.78 is 6.77. The minimum atomic E-state index is -0.383. The SMILES string of the molecule is COc1ccc(C2(C(=O)N3CCCC(c4n[nH]c(=O)n4C)C3)CC2)cc1. The van der Waals surface area contributed by atoms with Crippen molar-refractivity contribution in [3.63, 3.8) is 0 Å². The number of piperidine rings is 1. The standard InChI is InChI=1S/C19H24N4O3/c1-22-16(20-21-18(22)25)13-4-3-11-23(12-13)17(24)19(9-10-19)14-5-7-15(26-2)8-6-14/h5-8,13H,3-4,9-12H2,1-2H3,(H,21,25). The molecule has 1 aliphatic carbocycles. The van der Waals surface area contributed by atoms with Crippen molar-refractivity contribution in [1.29, 1.82) is 0 Å². The van der Waals surface area contributed by atoms with Gasteiger partial charge in [0.25, 0.3) is 0 Å². The van der Waals surface area contributed by atoms with E-state index >= 15 is 0 Å². The summed E-state index contributed by atoms with van der Waals surface area (Å²) in [6, 6.07) is 7.84. The number of methoxy groups -OCH3 is 1. The number of amides is 1. The Kier molecular flexibility index (Phi) is 4.09. The van der Waals surface area contributed by atoms with Crippen LogP contribution in [0.15, 0.2) is 29.1 Å². The molecule has 2 heterocycles. The fraction of sp³-hybridized carbons (Fsp3) is 0.526. The van der Waals surface area contributed by atoms with E-state index in [9.17, 15) is 9.59 Å². The third kappa shape index (κ3) is 2.71. The van der Waals surface area contributed by atoms with E-state index in [-0.39, 0.29) is 22.9 Å². The van der Waals surface area contributed by atoms with Crippen LogP contribution in [0, 0.1) is 0 Å². The zero-order valence-corrected chi connectivity index (χ0v) is 15.2. The zero-order chi connectivity index (χ0) is 18.3. The van der Waals surface area contributed by atoms with Gasteiger partial charge in [-0.05, 0) is 43.4 Å². The molecule has 1 aromatic heterocycles. The third-order valence-electron chi connectivity index (χ3n) is 5.79. The highest BCUT2D eigenvalue weighted by atomic mass is 16.5. The predicted octanol–water partition coefficient (Wildman–Crippen LogP) is 1.55. The fourth-order valence-electron chi connectivity index (χ4n) is 4.06. The number of ether oxygens (including phenoxy) is 1. The summed E-state index contributed by atoms with van der Waals surface area (Å²) >= 11 is 0. The first-order chi connectivity index (χ1) is 12.5. The monoisotopic (exact) mass is 356 g/mol. The van der Waals surface area contributed by atoms with E-state index in [0.717, 1.165) is 49.4 Å². The van der Waals surface area contributed by atoms with Crippen molar-refractivity contribution in [3.05, 3.63) is 46.1 Å². The molecule has 1 N–H and O–H groups in total. The largest absolute Gasteiger partial charge is 0.497 e. The fourth-order valence-corrected chi connectivity index (χ4v) is 4.06. The van der Waals surface area contributed by atoms with Gasteiger partial charge < -0.3 is 9.64 Å². The number of aromatic amines is 1. The number of nitrogens with zero attached hydrogens (tertiary/aromatic N) is 3. The van der Waals surface area contributed by atoms with Crippen molar-refractivity contribution in [3.8, 4) is 5.75 Å². The van der Waals surface area contributed by atoms with Crippen LogP contribution in [0.25, 0.3) is 0 Å². The summed E-state index contributed by atoms with van der Waals surface area (Å²) in [6.45, 7) is 1.39. The number of benzene rings is 1. The lowest BCUT2D eigenvalue weighted by Gasteiger charge is -2.34. The molecule has 1 unspecified atom stereocenters. The van der Waals surface area contributed by atoms with E-state index in [4.69, 9.17) is 4.74 Å². The van der Waals surface area contributed by atoms with E-state index in [0.29, 0.717) is 6.54 Å². The number of likely N-dealkylation sites (tertiary alicyclic amines) is 1. The Balaban J connectivity index is 1.54. The summed E-state index contributed by atoms with van der Waals surface area (Å²) in [5, 5.41) is 6.66. The summed E-state index contributed by atoms with van der Waals surface area (Å²) in [4.78, 5) is 26.9. The van der Waals surface area contributed by atoms with Gasteiger partial charge in [-0.1, -0.05) is 12.1 Å². The maximum atomic E-state index is 13.3. The second kappa shape index (κ2) is 6.30. The van der Waals surface area contributed by atoms with E-state index in [1.165, 1.54) is 0 Å². The van der Waals surface area contributed by atoms with Gasteiger partial charge in [0.2, 0.25) is 5.91 Å². The second-order valence-electron chi connectivity index (χ2n) is 7.35. The molecule has 26 heavy (non-hydrogen) atoms. The van der Waals surface area contributed by atoms with Gasteiger partial charge in [0.1, 0.15) is 11.6 Å². The van der Waals surface area contributed by atoms with E-state index in [2.05, 4.69) is 10.2 Å². The molecule has 7 nitrogen and oxygen atoms in total. The first-order valence-electron chi connectivity index (χ1n) is 9.10. The second-order valence-corrected chi connectivity index (χ2v) is 7.35. The molecule has 1 aliphatic heterocycles. The average molecular weight is 356 g/mol. The molecule has 0 radical (unpaired) electrons. The molecule has 7 heteroatoms. The molecule has 2 aliphatic rings. The first kappa shape index (κ1) is 16.9. The number of hydrogen-bond acceptors (Lipinski definition) is 4. The molecule has 0 spiro atoms. The molecule has 1 amide bonds. The smallest absolute Gasteiger partial charge is 0.343 e. The van der Waals surface area contributed by atoms with Crippen molar-refractivity contribution in [2.24, 2.45) is 7.05 Å². The molecular formula is C19H24N4O3. The van der Waals surface area contributed by atoms with Crippen LogP contribution in [-0.2, 0) is 17.3 Å². The lowest BCUT2D eigenvalue weighted by Crippen LogP contribution is -2.45. The number of nitrogens with one attached hydrogen (secondary N) is 1. The number of carbonyl (C=O) groups excluding carboxylic acids is 1. The highest BCUT2D eigenvalue weighted by Crippen LogP contribution is 2.50. The Morgan fingerprint density at radius 1 is 1.31 bits per heavy atom. The summed E-state index contributed by atoms with van der Waals surface area (Å²) in [5.41, 5.74) is 0.476. The predicted molar refractivity (Wildman–Crippen MR) is 96.3 cm³/mol. The minimum absolute atomic E-state index is 0.100. The Morgan fingerprint density at radius 3 is 2.62 bits per heavy atom. The van der Waals surface area contributed by atoms with Gasteiger partial charge in [-0.3, -0.25) is 9.36 Å². The molecule has 2 fully saturated rings. The topological polar surface area (TPSA) is 80.2 Å². The summed E-state index contributed by atoms with van der Waals surface area (Å²) in [5.74, 6) is 1.84. The highest BCUT2D eigenvalue weighted by Gasteiger charge is 2.53. The lowest BCUT2D eigenvalue weighted by molar-refractivity contribution is -0.135. The molecule has 0 bridgehead atoms. The summed E-state index contributed by atoms with van der Waals surface area (Å²) in [6.07, 6.45) is 3.65. The molecule has 4 rings (SSSR count). The Morgan fingerprint density at radius 2 is 2.04 bits per heavy atom. The zero-order valence-electron chi connectivity index (χ0n) is 15.2.